The fourth-order valence-electron chi connectivity index (χ4n) is 13.2. The average molecular weight is 1180 g/mol. The Morgan fingerprint density at radius 1 is 0.299 bits per heavy atom. The first-order valence-corrected chi connectivity index (χ1v) is 31.1. The second-order valence-electron chi connectivity index (χ2n) is 24.2. The van der Waals surface area contributed by atoms with E-state index in [9.17, 15) is 0 Å². The molecule has 0 heterocycles. The lowest BCUT2D eigenvalue weighted by Gasteiger charge is -2.39. The van der Waals surface area contributed by atoms with Crippen molar-refractivity contribution in [2.45, 2.75) is 148 Å². The molecule has 0 amide bonds. The van der Waals surface area contributed by atoms with E-state index in [0.29, 0.717) is 0 Å². The molecular formula is C79H98O8. The van der Waals surface area contributed by atoms with E-state index in [1.54, 1.807) is 56.9 Å². The Balaban J connectivity index is 0.000000166. The van der Waals surface area contributed by atoms with Crippen molar-refractivity contribution < 1.29 is 37.9 Å². The van der Waals surface area contributed by atoms with Crippen molar-refractivity contribution in [3.8, 4) is 46.0 Å². The highest BCUT2D eigenvalue weighted by Gasteiger charge is 2.38. The molecular weight excluding hydrogens is 1080 g/mol. The second-order valence-corrected chi connectivity index (χ2v) is 24.2. The summed E-state index contributed by atoms with van der Waals surface area (Å²) in [5, 5.41) is 0. The van der Waals surface area contributed by atoms with Gasteiger partial charge in [-0.15, -0.1) is 0 Å². The largest absolute Gasteiger partial charge is 0.497 e. The summed E-state index contributed by atoms with van der Waals surface area (Å²) in [6, 6.07) is 60.1. The molecule has 8 aromatic rings. The van der Waals surface area contributed by atoms with E-state index in [1.165, 1.54) is 120 Å². The third-order valence-electron chi connectivity index (χ3n) is 19.0. The number of methoxy groups -OCH3 is 8. The molecule has 0 bridgehead atoms. The van der Waals surface area contributed by atoms with Crippen LogP contribution >= 0.6 is 0 Å². The van der Waals surface area contributed by atoms with Gasteiger partial charge in [-0.1, -0.05) is 163 Å². The average Bonchev–Trinajstić information content (AvgIpc) is 1.36. The van der Waals surface area contributed by atoms with Gasteiger partial charge in [-0.05, 0) is 199 Å². The Morgan fingerprint density at radius 2 is 0.552 bits per heavy atom. The zero-order chi connectivity index (χ0) is 62.8. The zero-order valence-electron chi connectivity index (χ0n) is 55.2. The van der Waals surface area contributed by atoms with Crippen LogP contribution < -0.4 is 37.9 Å². The van der Waals surface area contributed by atoms with Gasteiger partial charge in [-0.2, -0.15) is 0 Å². The van der Waals surface area contributed by atoms with E-state index in [4.69, 9.17) is 37.9 Å². The van der Waals surface area contributed by atoms with E-state index >= 15 is 0 Å². The molecule has 2 saturated carbocycles. The van der Waals surface area contributed by atoms with Gasteiger partial charge in [0.05, 0.1) is 56.9 Å². The van der Waals surface area contributed by atoms with Crippen molar-refractivity contribution >= 4 is 0 Å². The van der Waals surface area contributed by atoms with Gasteiger partial charge >= 0.3 is 0 Å². The molecule has 0 spiro atoms. The standard InChI is InChI=1S/C22H28O2.C20H24O2.C19H24O2.C18H22O2/c1-16-14-18(8-10-20(16)23-3)22(12-6-5-7-13-22)19-9-11-21(24-4)17(2)15-19;1-21-18-10-6-16(7-11-18)20(14-4-3-5-15-20)17-8-12-19(22-2)13-9-17;1-13-11-15(7-9-17(13)20-5)19(3,4)16-8-10-18(21-6)14(2)12-16;1-5-18(2,14-6-10-16(19-3)11-7-14)15-8-12-17(20-4)13-9-15/h8-11,14-15H,5-7,12-13H2,1-4H3;6-13H,3-5,14-15H2,1-2H3;7-12H,1-6H3;6-13H,5H2,1-4H3. The van der Waals surface area contributed by atoms with Crippen LogP contribution in [0.5, 0.6) is 46.0 Å². The highest BCUT2D eigenvalue weighted by atomic mass is 16.5. The van der Waals surface area contributed by atoms with Crippen LogP contribution in [0.3, 0.4) is 0 Å². The van der Waals surface area contributed by atoms with E-state index in [2.05, 4.69) is 189 Å². The summed E-state index contributed by atoms with van der Waals surface area (Å²) in [7, 11) is 13.7. The topological polar surface area (TPSA) is 73.8 Å². The van der Waals surface area contributed by atoms with Gasteiger partial charge in [0, 0.05) is 21.7 Å². The van der Waals surface area contributed by atoms with Crippen LogP contribution in [0.25, 0.3) is 0 Å². The van der Waals surface area contributed by atoms with Crippen LogP contribution in [0.1, 0.15) is 165 Å². The summed E-state index contributed by atoms with van der Waals surface area (Å²) < 4.78 is 42.7. The molecule has 2 aliphatic carbocycles. The van der Waals surface area contributed by atoms with Crippen LogP contribution in [0.2, 0.25) is 0 Å². The molecule has 0 aliphatic heterocycles. The fraction of sp³-hybridized carbons (Fsp3) is 0.392. The van der Waals surface area contributed by atoms with E-state index in [1.807, 2.05) is 36.4 Å². The maximum absolute atomic E-state index is 5.46. The summed E-state index contributed by atoms with van der Waals surface area (Å²) in [6.45, 7) is 17.4. The maximum atomic E-state index is 5.46. The molecule has 0 N–H and O–H groups in total. The van der Waals surface area contributed by atoms with Gasteiger partial charge in [0.2, 0.25) is 0 Å². The van der Waals surface area contributed by atoms with E-state index < -0.39 is 0 Å². The third kappa shape index (κ3) is 15.5. The molecule has 462 valence electrons. The molecule has 10 rings (SSSR count). The lowest BCUT2D eigenvalue weighted by Crippen LogP contribution is -2.30. The second kappa shape index (κ2) is 30.7. The third-order valence-corrected chi connectivity index (χ3v) is 19.0. The summed E-state index contributed by atoms with van der Waals surface area (Å²) in [6.07, 6.45) is 13.7. The smallest absolute Gasteiger partial charge is 0.121 e. The number of rotatable bonds is 17. The van der Waals surface area contributed by atoms with Crippen LogP contribution in [-0.4, -0.2) is 56.9 Å². The summed E-state index contributed by atoms with van der Waals surface area (Å²) in [4.78, 5) is 0. The summed E-state index contributed by atoms with van der Waals surface area (Å²) >= 11 is 0. The van der Waals surface area contributed by atoms with Gasteiger partial charge in [0.1, 0.15) is 46.0 Å². The molecule has 0 aromatic heterocycles. The van der Waals surface area contributed by atoms with Gasteiger partial charge in [0.25, 0.3) is 0 Å². The number of hydrogen-bond donors (Lipinski definition) is 0. The monoisotopic (exact) mass is 1170 g/mol. The van der Waals surface area contributed by atoms with Crippen molar-refractivity contribution in [2.75, 3.05) is 56.9 Å². The Morgan fingerprint density at radius 3 is 0.816 bits per heavy atom. The molecule has 8 nitrogen and oxygen atoms in total. The first kappa shape index (κ1) is 66.7. The SMILES string of the molecule is CCC(C)(c1ccc(OC)cc1)c1ccc(OC)cc1.COc1ccc(C(C)(C)c2ccc(OC)c(C)c2)cc1C.COc1ccc(C2(c3ccc(OC)c(C)c3)CCCCC2)cc1C.COc1ccc(C2(c3ccc(OC)cc3)CCCCC2)cc1. The molecule has 0 unspecified atom stereocenters. The summed E-state index contributed by atoms with van der Waals surface area (Å²) in [5.74, 6) is 7.42. The van der Waals surface area contributed by atoms with Crippen LogP contribution in [0.4, 0.5) is 0 Å². The number of benzene rings is 8. The molecule has 0 atom stereocenters. The van der Waals surface area contributed by atoms with Gasteiger partial charge in [-0.3, -0.25) is 0 Å². The van der Waals surface area contributed by atoms with Crippen molar-refractivity contribution in [2.24, 2.45) is 0 Å². The zero-order valence-corrected chi connectivity index (χ0v) is 55.2. The minimum absolute atomic E-state index is 0.00145. The molecule has 0 saturated heterocycles. The number of ether oxygens (including phenoxy) is 8. The molecule has 8 aromatic carbocycles. The first-order valence-electron chi connectivity index (χ1n) is 31.1. The van der Waals surface area contributed by atoms with Crippen molar-refractivity contribution in [3.05, 3.63) is 237 Å². The lowest BCUT2D eigenvalue weighted by molar-refractivity contribution is 0.344. The highest BCUT2D eigenvalue weighted by molar-refractivity contribution is 5.51. The maximum Gasteiger partial charge on any atom is 0.121 e. The Hall–Kier alpha value is -7.84. The Kier molecular flexibility index (Phi) is 23.5. The predicted octanol–water partition coefficient (Wildman–Crippen LogP) is 19.6. The molecule has 0 radical (unpaired) electrons. The van der Waals surface area contributed by atoms with Crippen molar-refractivity contribution in [1.29, 1.82) is 0 Å². The lowest BCUT2D eigenvalue weighted by atomic mass is 9.65. The molecule has 2 fully saturated rings. The predicted molar refractivity (Wildman–Crippen MR) is 360 cm³/mol. The van der Waals surface area contributed by atoms with Crippen LogP contribution in [0.15, 0.2) is 170 Å². The molecule has 2 aliphatic rings. The van der Waals surface area contributed by atoms with Gasteiger partial charge < -0.3 is 37.9 Å². The quantitative estimate of drug-likeness (QED) is 0.0893. The summed E-state index contributed by atoms with van der Waals surface area (Å²) in [5.41, 5.74) is 15.7. The number of aryl methyl sites for hydroxylation is 4. The Bertz CT molecular complexity index is 3190. The molecule has 8 heteroatoms. The Labute approximate surface area is 522 Å². The van der Waals surface area contributed by atoms with Gasteiger partial charge in [0.15, 0.2) is 0 Å². The normalized spacial score (nSPS) is 14.2. The minimum atomic E-state index is -0.0614. The fourth-order valence-corrected chi connectivity index (χ4v) is 13.2. The van der Waals surface area contributed by atoms with E-state index in [0.717, 1.165) is 63.5 Å². The molecule has 87 heavy (non-hydrogen) atoms. The number of hydrogen-bond acceptors (Lipinski definition) is 8. The first-order chi connectivity index (χ1) is 41.9. The van der Waals surface area contributed by atoms with Crippen LogP contribution in [-0.2, 0) is 21.7 Å². The van der Waals surface area contributed by atoms with Crippen LogP contribution in [0, 0.1) is 27.7 Å². The van der Waals surface area contributed by atoms with Crippen molar-refractivity contribution in [1.82, 2.24) is 0 Å². The highest BCUT2D eigenvalue weighted by Crippen LogP contribution is 2.48. The van der Waals surface area contributed by atoms with E-state index in [-0.39, 0.29) is 21.7 Å². The van der Waals surface area contributed by atoms with Crippen molar-refractivity contribution in [3.63, 3.8) is 0 Å². The minimum Gasteiger partial charge on any atom is -0.497 e. The van der Waals surface area contributed by atoms with Gasteiger partial charge in [-0.25, -0.2) is 0 Å².